The maximum Gasteiger partial charge on any atom is 0.234 e. The SMILES string of the molecule is CNc1nsc(-c2ccc(OC)cc2)n1. The molecule has 1 heterocycles. The first-order valence-electron chi connectivity index (χ1n) is 4.49. The average molecular weight is 221 g/mol. The first kappa shape index (κ1) is 9.92. The van der Waals surface area contributed by atoms with Crippen molar-refractivity contribution in [3.8, 4) is 16.3 Å². The zero-order valence-electron chi connectivity index (χ0n) is 8.52. The number of anilines is 1. The van der Waals surface area contributed by atoms with Crippen LogP contribution >= 0.6 is 11.5 Å². The zero-order chi connectivity index (χ0) is 10.7. The summed E-state index contributed by atoms with van der Waals surface area (Å²) in [5, 5.41) is 3.81. The molecule has 15 heavy (non-hydrogen) atoms. The van der Waals surface area contributed by atoms with Crippen LogP contribution < -0.4 is 10.1 Å². The third-order valence-electron chi connectivity index (χ3n) is 1.99. The number of ether oxygens (including phenoxy) is 1. The minimum atomic E-state index is 0.658. The van der Waals surface area contributed by atoms with Crippen LogP contribution in [-0.2, 0) is 0 Å². The molecule has 0 amide bonds. The lowest BCUT2D eigenvalue weighted by Gasteiger charge is -1.99. The van der Waals surface area contributed by atoms with E-state index in [9.17, 15) is 0 Å². The largest absolute Gasteiger partial charge is 0.497 e. The van der Waals surface area contributed by atoms with Gasteiger partial charge in [-0.3, -0.25) is 0 Å². The van der Waals surface area contributed by atoms with Gasteiger partial charge < -0.3 is 10.1 Å². The summed E-state index contributed by atoms with van der Waals surface area (Å²) in [5.74, 6) is 1.50. The number of aromatic nitrogens is 2. The van der Waals surface area contributed by atoms with E-state index >= 15 is 0 Å². The molecule has 0 bridgehead atoms. The lowest BCUT2D eigenvalue weighted by molar-refractivity contribution is 0.415. The second kappa shape index (κ2) is 4.27. The summed E-state index contributed by atoms with van der Waals surface area (Å²) in [6.07, 6.45) is 0. The van der Waals surface area contributed by atoms with E-state index in [4.69, 9.17) is 4.74 Å². The molecule has 1 aromatic heterocycles. The van der Waals surface area contributed by atoms with Crippen molar-refractivity contribution in [3.05, 3.63) is 24.3 Å². The molecule has 2 aromatic rings. The summed E-state index contributed by atoms with van der Waals surface area (Å²) in [6, 6.07) is 7.77. The second-order valence-electron chi connectivity index (χ2n) is 2.90. The molecule has 0 fully saturated rings. The van der Waals surface area contributed by atoms with Crippen LogP contribution in [0, 0.1) is 0 Å². The molecule has 0 spiro atoms. The van der Waals surface area contributed by atoms with Gasteiger partial charge in [-0.2, -0.15) is 9.36 Å². The van der Waals surface area contributed by atoms with Crippen LogP contribution in [0.15, 0.2) is 24.3 Å². The molecule has 5 heteroatoms. The van der Waals surface area contributed by atoms with Crippen LogP contribution in [0.1, 0.15) is 0 Å². The Morgan fingerprint density at radius 3 is 2.53 bits per heavy atom. The highest BCUT2D eigenvalue weighted by molar-refractivity contribution is 7.09. The molecule has 0 aliphatic heterocycles. The third kappa shape index (κ3) is 2.07. The Balaban J connectivity index is 2.28. The predicted octanol–water partition coefficient (Wildman–Crippen LogP) is 2.26. The number of hydrogen-bond acceptors (Lipinski definition) is 5. The summed E-state index contributed by atoms with van der Waals surface area (Å²) >= 11 is 1.38. The molecule has 0 atom stereocenters. The number of nitrogens with zero attached hydrogens (tertiary/aromatic N) is 2. The Morgan fingerprint density at radius 2 is 2.00 bits per heavy atom. The van der Waals surface area contributed by atoms with Crippen molar-refractivity contribution in [2.75, 3.05) is 19.5 Å². The average Bonchev–Trinajstić information content (AvgIpc) is 2.78. The fourth-order valence-electron chi connectivity index (χ4n) is 1.18. The fraction of sp³-hybridized carbons (Fsp3) is 0.200. The van der Waals surface area contributed by atoms with Crippen LogP contribution in [0.2, 0.25) is 0 Å². The predicted molar refractivity (Wildman–Crippen MR) is 61.4 cm³/mol. The van der Waals surface area contributed by atoms with Crippen molar-refractivity contribution in [2.24, 2.45) is 0 Å². The van der Waals surface area contributed by atoms with Gasteiger partial charge in [-0.05, 0) is 35.8 Å². The Bertz CT molecular complexity index is 438. The van der Waals surface area contributed by atoms with E-state index in [0.717, 1.165) is 16.3 Å². The number of hydrogen-bond donors (Lipinski definition) is 1. The van der Waals surface area contributed by atoms with Crippen LogP contribution in [0.3, 0.4) is 0 Å². The van der Waals surface area contributed by atoms with Crippen LogP contribution in [0.25, 0.3) is 10.6 Å². The second-order valence-corrected chi connectivity index (χ2v) is 3.65. The van der Waals surface area contributed by atoms with Crippen molar-refractivity contribution in [1.29, 1.82) is 0 Å². The number of benzene rings is 1. The van der Waals surface area contributed by atoms with Gasteiger partial charge in [0.15, 0.2) is 0 Å². The van der Waals surface area contributed by atoms with E-state index in [0.29, 0.717) is 5.95 Å². The summed E-state index contributed by atoms with van der Waals surface area (Å²) in [5.41, 5.74) is 1.05. The van der Waals surface area contributed by atoms with Crippen molar-refractivity contribution in [3.63, 3.8) is 0 Å². The molecule has 0 saturated carbocycles. The van der Waals surface area contributed by atoms with Crippen LogP contribution in [0.5, 0.6) is 5.75 Å². The van der Waals surface area contributed by atoms with Gasteiger partial charge >= 0.3 is 0 Å². The van der Waals surface area contributed by atoms with E-state index in [1.165, 1.54) is 11.5 Å². The van der Waals surface area contributed by atoms with E-state index in [1.807, 2.05) is 24.3 Å². The lowest BCUT2D eigenvalue weighted by atomic mass is 10.2. The highest BCUT2D eigenvalue weighted by Crippen LogP contribution is 2.24. The molecule has 0 aliphatic carbocycles. The molecule has 1 aromatic carbocycles. The van der Waals surface area contributed by atoms with Crippen molar-refractivity contribution in [1.82, 2.24) is 9.36 Å². The van der Waals surface area contributed by atoms with Crippen molar-refractivity contribution >= 4 is 17.5 Å². The topological polar surface area (TPSA) is 47.0 Å². The molecule has 0 saturated heterocycles. The maximum absolute atomic E-state index is 5.09. The highest BCUT2D eigenvalue weighted by Gasteiger charge is 2.04. The monoisotopic (exact) mass is 221 g/mol. The van der Waals surface area contributed by atoms with Crippen molar-refractivity contribution < 1.29 is 4.74 Å². The van der Waals surface area contributed by atoms with Gasteiger partial charge in [-0.15, -0.1) is 0 Å². The van der Waals surface area contributed by atoms with Gasteiger partial charge in [0.05, 0.1) is 7.11 Å². The number of rotatable bonds is 3. The Morgan fingerprint density at radius 1 is 1.27 bits per heavy atom. The van der Waals surface area contributed by atoms with E-state index in [2.05, 4.69) is 14.7 Å². The summed E-state index contributed by atoms with van der Waals surface area (Å²) in [6.45, 7) is 0. The third-order valence-corrected chi connectivity index (χ3v) is 2.75. The quantitative estimate of drug-likeness (QED) is 0.863. The van der Waals surface area contributed by atoms with Crippen LogP contribution in [0.4, 0.5) is 5.95 Å². The summed E-state index contributed by atoms with van der Waals surface area (Å²) in [4.78, 5) is 4.31. The Hall–Kier alpha value is -1.62. The van der Waals surface area contributed by atoms with Gasteiger partial charge in [0.2, 0.25) is 5.95 Å². The Labute approximate surface area is 92.1 Å². The summed E-state index contributed by atoms with van der Waals surface area (Å²) in [7, 11) is 3.46. The first-order chi connectivity index (χ1) is 7.33. The van der Waals surface area contributed by atoms with E-state index < -0.39 is 0 Å². The van der Waals surface area contributed by atoms with Gasteiger partial charge in [0, 0.05) is 12.6 Å². The van der Waals surface area contributed by atoms with Crippen molar-refractivity contribution in [2.45, 2.75) is 0 Å². The van der Waals surface area contributed by atoms with E-state index in [1.54, 1.807) is 14.2 Å². The molecular formula is C10H11N3OS. The molecule has 0 aliphatic rings. The molecule has 2 rings (SSSR count). The number of nitrogens with one attached hydrogen (secondary N) is 1. The van der Waals surface area contributed by atoms with E-state index in [-0.39, 0.29) is 0 Å². The zero-order valence-corrected chi connectivity index (χ0v) is 9.34. The van der Waals surface area contributed by atoms with Gasteiger partial charge in [0.25, 0.3) is 0 Å². The van der Waals surface area contributed by atoms with Gasteiger partial charge in [-0.25, -0.2) is 0 Å². The molecule has 4 nitrogen and oxygen atoms in total. The smallest absolute Gasteiger partial charge is 0.234 e. The standard InChI is InChI=1S/C10H11N3OS/c1-11-10-12-9(15-13-10)7-3-5-8(14-2)6-4-7/h3-6H,1-2H3,(H,11,13). The molecule has 1 N–H and O–H groups in total. The Kier molecular flexibility index (Phi) is 2.82. The van der Waals surface area contributed by atoms with Gasteiger partial charge in [-0.1, -0.05) is 0 Å². The molecule has 0 radical (unpaired) electrons. The normalized spacial score (nSPS) is 10.0. The van der Waals surface area contributed by atoms with Gasteiger partial charge in [0.1, 0.15) is 10.8 Å². The number of methoxy groups -OCH3 is 1. The molecule has 0 unspecified atom stereocenters. The highest BCUT2D eigenvalue weighted by atomic mass is 32.1. The first-order valence-corrected chi connectivity index (χ1v) is 5.26. The lowest BCUT2D eigenvalue weighted by Crippen LogP contribution is -1.89. The van der Waals surface area contributed by atoms with Crippen LogP contribution in [-0.4, -0.2) is 23.5 Å². The minimum Gasteiger partial charge on any atom is -0.497 e. The summed E-state index contributed by atoms with van der Waals surface area (Å²) < 4.78 is 9.23. The maximum atomic E-state index is 5.09. The fourth-order valence-corrected chi connectivity index (χ4v) is 1.85. The molecule has 78 valence electrons. The molecular weight excluding hydrogens is 210 g/mol. The minimum absolute atomic E-state index is 0.658.